The van der Waals surface area contributed by atoms with Crippen LogP contribution >= 0.6 is 0 Å². The van der Waals surface area contributed by atoms with Crippen LogP contribution in [0.2, 0.25) is 6.82 Å². The van der Waals surface area contributed by atoms with Gasteiger partial charge >= 0.3 is 0 Å². The van der Waals surface area contributed by atoms with Gasteiger partial charge in [-0.25, -0.2) is 0 Å². The Hall–Kier alpha value is -0.915. The first-order chi connectivity index (χ1) is 5.38. The third-order valence-electron chi connectivity index (χ3n) is 1.71. The number of hydrogen-bond acceptors (Lipinski definition) is 1. The smallest absolute Gasteiger partial charge is 0.122 e. The zero-order valence-electron chi connectivity index (χ0n) is 7.13. The predicted molar refractivity (Wildman–Crippen MR) is 49.7 cm³/mol. The van der Waals surface area contributed by atoms with Crippen LogP contribution in [0.15, 0.2) is 24.3 Å². The van der Waals surface area contributed by atoms with Gasteiger partial charge in [0.15, 0.2) is 0 Å². The van der Waals surface area contributed by atoms with E-state index in [1.807, 2.05) is 18.2 Å². The molecule has 0 saturated carbocycles. The number of para-hydroxylation sites is 1. The van der Waals surface area contributed by atoms with E-state index in [1.54, 1.807) is 7.11 Å². The molecule has 1 rings (SSSR count). The zero-order valence-corrected chi connectivity index (χ0v) is 7.13. The van der Waals surface area contributed by atoms with Gasteiger partial charge in [-0.1, -0.05) is 25.0 Å². The largest absolute Gasteiger partial charge is 0.497 e. The summed E-state index contributed by atoms with van der Waals surface area (Å²) in [7, 11) is 2.88. The Morgan fingerprint density at radius 2 is 2.09 bits per heavy atom. The van der Waals surface area contributed by atoms with Crippen molar-refractivity contribution in [1.29, 1.82) is 0 Å². The summed E-state index contributed by atoms with van der Waals surface area (Å²) in [6, 6.07) is 8.17. The molecule has 1 aromatic rings. The quantitative estimate of drug-likeness (QED) is 0.592. The van der Waals surface area contributed by atoms with Gasteiger partial charge in [-0.3, -0.25) is 0 Å². The number of benzene rings is 1. The summed E-state index contributed by atoms with van der Waals surface area (Å²) in [6.45, 7) is 2.17. The molecule has 0 atom stereocenters. The van der Waals surface area contributed by atoms with Crippen molar-refractivity contribution < 1.29 is 4.74 Å². The van der Waals surface area contributed by atoms with Gasteiger partial charge in [0, 0.05) is 0 Å². The van der Waals surface area contributed by atoms with Crippen molar-refractivity contribution in [3.63, 3.8) is 0 Å². The minimum atomic E-state index is 1.01. The highest BCUT2D eigenvalue weighted by Gasteiger charge is 1.98. The van der Waals surface area contributed by atoms with Crippen molar-refractivity contribution in [1.82, 2.24) is 0 Å². The van der Waals surface area contributed by atoms with Crippen LogP contribution in [0.1, 0.15) is 5.56 Å². The van der Waals surface area contributed by atoms with Gasteiger partial charge in [-0.2, -0.15) is 0 Å². The Bertz CT molecular complexity index is 223. The maximum Gasteiger partial charge on any atom is 0.122 e. The first-order valence-electron chi connectivity index (χ1n) is 4.00. The monoisotopic (exact) mass is 148 g/mol. The lowest BCUT2D eigenvalue weighted by Gasteiger charge is -2.05. The summed E-state index contributed by atoms with van der Waals surface area (Å²) >= 11 is 0. The molecular formula is C9H13BO. The van der Waals surface area contributed by atoms with E-state index in [1.165, 1.54) is 12.8 Å². The highest BCUT2D eigenvalue weighted by atomic mass is 16.5. The second-order valence-electron chi connectivity index (χ2n) is 2.56. The van der Waals surface area contributed by atoms with Crippen LogP contribution in [0.25, 0.3) is 0 Å². The first-order valence-corrected chi connectivity index (χ1v) is 4.00. The molecule has 0 aliphatic heterocycles. The summed E-state index contributed by atoms with van der Waals surface area (Å²) in [6.07, 6.45) is 1.10. The molecule has 1 aromatic carbocycles. The van der Waals surface area contributed by atoms with E-state index < -0.39 is 0 Å². The molecule has 1 nitrogen and oxygen atoms in total. The number of methoxy groups -OCH3 is 1. The van der Waals surface area contributed by atoms with Crippen molar-refractivity contribution in [2.24, 2.45) is 0 Å². The lowest BCUT2D eigenvalue weighted by atomic mass is 9.75. The first kappa shape index (κ1) is 8.18. The maximum atomic E-state index is 5.20. The van der Waals surface area contributed by atoms with E-state index in [0.29, 0.717) is 0 Å². The van der Waals surface area contributed by atoms with Gasteiger partial charge in [0.05, 0.1) is 7.11 Å². The van der Waals surface area contributed by atoms with Crippen LogP contribution in [0.4, 0.5) is 0 Å². The Kier molecular flexibility index (Phi) is 3.03. The van der Waals surface area contributed by atoms with E-state index in [2.05, 4.69) is 12.9 Å². The topological polar surface area (TPSA) is 9.23 Å². The van der Waals surface area contributed by atoms with Crippen LogP contribution in [-0.2, 0) is 6.32 Å². The highest BCUT2D eigenvalue weighted by molar-refractivity contribution is 6.33. The minimum absolute atomic E-state index is 1.01. The van der Waals surface area contributed by atoms with Crippen LogP contribution in [0.5, 0.6) is 5.75 Å². The van der Waals surface area contributed by atoms with Crippen LogP contribution < -0.4 is 4.74 Å². The fraction of sp³-hybridized carbons (Fsp3) is 0.333. The van der Waals surface area contributed by atoms with E-state index >= 15 is 0 Å². The van der Waals surface area contributed by atoms with Gasteiger partial charge in [0.2, 0.25) is 0 Å². The molecule has 0 aliphatic rings. The Morgan fingerprint density at radius 3 is 2.73 bits per heavy atom. The maximum absolute atomic E-state index is 5.20. The Morgan fingerprint density at radius 1 is 1.36 bits per heavy atom. The van der Waals surface area contributed by atoms with Crippen LogP contribution in [0, 0.1) is 0 Å². The normalized spacial score (nSPS) is 9.27. The molecule has 11 heavy (non-hydrogen) atoms. The van der Waals surface area contributed by atoms with Crippen molar-refractivity contribution in [2.45, 2.75) is 13.1 Å². The van der Waals surface area contributed by atoms with Gasteiger partial charge < -0.3 is 4.74 Å². The number of hydrogen-bond donors (Lipinski definition) is 0. The predicted octanol–water partition coefficient (Wildman–Crippen LogP) is 1.68. The van der Waals surface area contributed by atoms with E-state index in [9.17, 15) is 0 Å². The fourth-order valence-corrected chi connectivity index (χ4v) is 1.18. The molecule has 0 N–H and O–H groups in total. The Labute approximate surface area is 68.6 Å². The lowest BCUT2D eigenvalue weighted by molar-refractivity contribution is 0.411. The summed E-state index contributed by atoms with van der Waals surface area (Å²) < 4.78 is 5.20. The minimum Gasteiger partial charge on any atom is -0.497 e. The molecule has 0 radical (unpaired) electrons. The molecule has 0 spiro atoms. The SMILES string of the molecule is CBCc1ccccc1OC. The molecule has 2 heteroatoms. The molecule has 0 heterocycles. The summed E-state index contributed by atoms with van der Waals surface area (Å²) in [5.41, 5.74) is 1.30. The van der Waals surface area contributed by atoms with E-state index in [-0.39, 0.29) is 0 Å². The second-order valence-corrected chi connectivity index (χ2v) is 2.56. The molecule has 0 amide bonds. The molecule has 0 bridgehead atoms. The fourth-order valence-electron chi connectivity index (χ4n) is 1.18. The second kappa shape index (κ2) is 4.07. The standard InChI is InChI=1S/C9H13BO/c1-10-7-8-5-3-4-6-9(8)11-2/h3-6,10H,7H2,1-2H3. The van der Waals surface area contributed by atoms with Crippen molar-refractivity contribution in [3.05, 3.63) is 29.8 Å². The highest BCUT2D eigenvalue weighted by Crippen LogP contribution is 2.16. The van der Waals surface area contributed by atoms with Gasteiger partial charge in [0.1, 0.15) is 13.0 Å². The summed E-state index contributed by atoms with van der Waals surface area (Å²) in [4.78, 5) is 0. The molecular weight excluding hydrogens is 135 g/mol. The molecule has 58 valence electrons. The van der Waals surface area contributed by atoms with Crippen molar-refractivity contribution in [2.75, 3.05) is 7.11 Å². The third-order valence-corrected chi connectivity index (χ3v) is 1.71. The average molecular weight is 148 g/mol. The average Bonchev–Trinajstić information content (AvgIpc) is 2.06. The molecule has 0 aliphatic carbocycles. The number of rotatable bonds is 3. The molecule has 0 aromatic heterocycles. The third kappa shape index (κ3) is 2.00. The molecule has 0 saturated heterocycles. The van der Waals surface area contributed by atoms with E-state index in [0.717, 1.165) is 12.1 Å². The molecule has 0 unspecified atom stereocenters. The summed E-state index contributed by atoms with van der Waals surface area (Å²) in [5.74, 6) is 1.01. The molecule has 0 fully saturated rings. The Balaban J connectivity index is 2.83. The van der Waals surface area contributed by atoms with Gasteiger partial charge in [0.25, 0.3) is 0 Å². The van der Waals surface area contributed by atoms with Gasteiger partial charge in [-0.05, 0) is 17.9 Å². The van der Waals surface area contributed by atoms with Crippen molar-refractivity contribution >= 4 is 7.28 Å². The van der Waals surface area contributed by atoms with Crippen molar-refractivity contribution in [3.8, 4) is 5.75 Å². The lowest BCUT2D eigenvalue weighted by Crippen LogP contribution is -1.95. The van der Waals surface area contributed by atoms with Crippen LogP contribution in [0.3, 0.4) is 0 Å². The van der Waals surface area contributed by atoms with Crippen LogP contribution in [-0.4, -0.2) is 14.4 Å². The summed E-state index contributed by atoms with van der Waals surface area (Å²) in [5, 5.41) is 0. The van der Waals surface area contributed by atoms with E-state index in [4.69, 9.17) is 4.74 Å². The number of ether oxygens (including phenoxy) is 1. The zero-order chi connectivity index (χ0) is 8.10. The van der Waals surface area contributed by atoms with Gasteiger partial charge in [-0.15, -0.1) is 0 Å².